The first-order valence-corrected chi connectivity index (χ1v) is 5.30. The summed E-state index contributed by atoms with van der Waals surface area (Å²) in [6, 6.07) is 7.12. The smallest absolute Gasteiger partial charge is 0.251 e. The standard InChI is InChI=1S/C12H11ClN2O/c1-9-3-5-15(12(16)6-9)8-10-2-4-14-11(13)7-10/h2-7H,8H2,1H3. The maximum absolute atomic E-state index is 11.6. The van der Waals surface area contributed by atoms with Gasteiger partial charge in [-0.3, -0.25) is 4.79 Å². The van der Waals surface area contributed by atoms with Gasteiger partial charge in [-0.1, -0.05) is 11.6 Å². The third kappa shape index (κ3) is 2.49. The van der Waals surface area contributed by atoms with E-state index in [0.717, 1.165) is 11.1 Å². The van der Waals surface area contributed by atoms with Gasteiger partial charge in [0.2, 0.25) is 0 Å². The van der Waals surface area contributed by atoms with Crippen molar-refractivity contribution in [3.63, 3.8) is 0 Å². The summed E-state index contributed by atoms with van der Waals surface area (Å²) in [6.45, 7) is 2.41. The highest BCUT2D eigenvalue weighted by atomic mass is 35.5. The Labute approximate surface area is 98.3 Å². The fraction of sp³-hybridized carbons (Fsp3) is 0.167. The second kappa shape index (κ2) is 4.49. The molecule has 3 nitrogen and oxygen atoms in total. The van der Waals surface area contributed by atoms with E-state index in [0.29, 0.717) is 11.7 Å². The van der Waals surface area contributed by atoms with Crippen molar-refractivity contribution in [2.75, 3.05) is 0 Å². The van der Waals surface area contributed by atoms with E-state index in [2.05, 4.69) is 4.98 Å². The minimum absolute atomic E-state index is 0.00654. The maximum Gasteiger partial charge on any atom is 0.251 e. The average Bonchev–Trinajstić information content (AvgIpc) is 2.22. The molecule has 0 N–H and O–H groups in total. The van der Waals surface area contributed by atoms with Crippen molar-refractivity contribution in [2.45, 2.75) is 13.5 Å². The Morgan fingerprint density at radius 2 is 2.19 bits per heavy atom. The second-order valence-corrected chi connectivity index (χ2v) is 4.04. The molecule has 0 fully saturated rings. The summed E-state index contributed by atoms with van der Waals surface area (Å²) in [7, 11) is 0. The van der Waals surface area contributed by atoms with Crippen LogP contribution in [0.5, 0.6) is 0 Å². The summed E-state index contributed by atoms with van der Waals surface area (Å²) in [4.78, 5) is 15.5. The van der Waals surface area contributed by atoms with Gasteiger partial charge in [-0.2, -0.15) is 0 Å². The monoisotopic (exact) mass is 234 g/mol. The molecule has 0 amide bonds. The van der Waals surface area contributed by atoms with Gasteiger partial charge < -0.3 is 4.57 Å². The van der Waals surface area contributed by atoms with Crippen LogP contribution < -0.4 is 5.56 Å². The normalized spacial score (nSPS) is 10.4. The Morgan fingerprint density at radius 3 is 2.88 bits per heavy atom. The van der Waals surface area contributed by atoms with Gasteiger partial charge in [-0.25, -0.2) is 4.98 Å². The molecular weight excluding hydrogens is 224 g/mol. The van der Waals surface area contributed by atoms with Crippen molar-refractivity contribution in [1.82, 2.24) is 9.55 Å². The van der Waals surface area contributed by atoms with Crippen LogP contribution in [0.3, 0.4) is 0 Å². The molecule has 0 radical (unpaired) electrons. The molecule has 0 aliphatic carbocycles. The van der Waals surface area contributed by atoms with Gasteiger partial charge in [-0.15, -0.1) is 0 Å². The number of halogens is 1. The molecule has 0 aliphatic heterocycles. The van der Waals surface area contributed by atoms with Crippen molar-refractivity contribution in [3.05, 3.63) is 63.3 Å². The second-order valence-electron chi connectivity index (χ2n) is 3.66. The quantitative estimate of drug-likeness (QED) is 0.747. The molecule has 2 rings (SSSR count). The molecule has 0 atom stereocenters. The lowest BCUT2D eigenvalue weighted by Crippen LogP contribution is -2.19. The van der Waals surface area contributed by atoms with Gasteiger partial charge in [0.25, 0.3) is 5.56 Å². The van der Waals surface area contributed by atoms with Gasteiger partial charge in [0, 0.05) is 18.5 Å². The largest absolute Gasteiger partial charge is 0.311 e. The zero-order valence-electron chi connectivity index (χ0n) is 8.85. The fourth-order valence-corrected chi connectivity index (χ4v) is 1.67. The van der Waals surface area contributed by atoms with E-state index >= 15 is 0 Å². The SMILES string of the molecule is Cc1ccn(Cc2ccnc(Cl)c2)c(=O)c1. The van der Waals surface area contributed by atoms with Crippen molar-refractivity contribution >= 4 is 11.6 Å². The maximum atomic E-state index is 11.6. The van der Waals surface area contributed by atoms with Crippen LogP contribution in [0.1, 0.15) is 11.1 Å². The first-order chi connectivity index (χ1) is 7.65. The molecule has 0 aromatic carbocycles. The third-order valence-corrected chi connectivity index (χ3v) is 2.50. The zero-order chi connectivity index (χ0) is 11.5. The van der Waals surface area contributed by atoms with Gasteiger partial charge in [0.15, 0.2) is 0 Å². The minimum Gasteiger partial charge on any atom is -0.311 e. The molecule has 2 aromatic rings. The van der Waals surface area contributed by atoms with Crippen molar-refractivity contribution in [1.29, 1.82) is 0 Å². The number of pyridine rings is 2. The lowest BCUT2D eigenvalue weighted by Gasteiger charge is -2.05. The van der Waals surface area contributed by atoms with E-state index in [9.17, 15) is 4.79 Å². The molecular formula is C12H11ClN2O. The molecule has 0 aliphatic rings. The average molecular weight is 235 g/mol. The summed E-state index contributed by atoms with van der Waals surface area (Å²) in [5.41, 5.74) is 1.92. The number of aromatic nitrogens is 2. The van der Waals surface area contributed by atoms with E-state index in [1.54, 1.807) is 29.1 Å². The summed E-state index contributed by atoms with van der Waals surface area (Å²) in [5.74, 6) is 0. The Hall–Kier alpha value is -1.61. The molecule has 0 spiro atoms. The molecule has 0 saturated heterocycles. The van der Waals surface area contributed by atoms with Crippen LogP contribution in [0.25, 0.3) is 0 Å². The van der Waals surface area contributed by atoms with Crippen molar-refractivity contribution in [2.24, 2.45) is 0 Å². The summed E-state index contributed by atoms with van der Waals surface area (Å²) in [6.07, 6.45) is 3.42. The summed E-state index contributed by atoms with van der Waals surface area (Å²) in [5, 5.41) is 0.442. The lowest BCUT2D eigenvalue weighted by atomic mass is 10.2. The first kappa shape index (κ1) is 10.9. The van der Waals surface area contributed by atoms with Crippen LogP contribution in [0.15, 0.2) is 41.5 Å². The highest BCUT2D eigenvalue weighted by Gasteiger charge is 1.99. The lowest BCUT2D eigenvalue weighted by molar-refractivity contribution is 0.756. The molecule has 0 bridgehead atoms. The van der Waals surface area contributed by atoms with E-state index in [1.807, 2.05) is 19.1 Å². The Kier molecular flexibility index (Phi) is 3.06. The molecule has 16 heavy (non-hydrogen) atoms. The highest BCUT2D eigenvalue weighted by molar-refractivity contribution is 6.29. The predicted molar refractivity (Wildman–Crippen MR) is 63.8 cm³/mol. The van der Waals surface area contributed by atoms with Crippen molar-refractivity contribution < 1.29 is 0 Å². The third-order valence-electron chi connectivity index (χ3n) is 2.30. The predicted octanol–water partition coefficient (Wildman–Crippen LogP) is 2.25. The van der Waals surface area contributed by atoms with Crippen molar-refractivity contribution in [3.8, 4) is 0 Å². The van der Waals surface area contributed by atoms with Crippen LogP contribution in [0.2, 0.25) is 5.15 Å². The van der Waals surface area contributed by atoms with Crippen LogP contribution in [0.4, 0.5) is 0 Å². The summed E-state index contributed by atoms with van der Waals surface area (Å²) < 4.78 is 1.64. The number of aryl methyl sites for hydroxylation is 1. The molecule has 2 aromatic heterocycles. The van der Waals surface area contributed by atoms with Gasteiger partial charge >= 0.3 is 0 Å². The number of rotatable bonds is 2. The Bertz CT molecular complexity index is 563. The first-order valence-electron chi connectivity index (χ1n) is 4.93. The number of hydrogen-bond acceptors (Lipinski definition) is 2. The van der Waals surface area contributed by atoms with Crippen LogP contribution in [0, 0.1) is 6.92 Å². The topological polar surface area (TPSA) is 34.9 Å². The molecule has 0 saturated carbocycles. The minimum atomic E-state index is -0.00654. The van der Waals surface area contributed by atoms with Gasteiger partial charge in [0.05, 0.1) is 6.54 Å². The Morgan fingerprint density at radius 1 is 1.38 bits per heavy atom. The van der Waals surface area contributed by atoms with E-state index < -0.39 is 0 Å². The van der Waals surface area contributed by atoms with Gasteiger partial charge in [-0.05, 0) is 36.2 Å². The molecule has 4 heteroatoms. The highest BCUT2D eigenvalue weighted by Crippen LogP contribution is 2.07. The molecule has 0 unspecified atom stereocenters. The van der Waals surface area contributed by atoms with Crippen LogP contribution in [-0.4, -0.2) is 9.55 Å². The molecule has 2 heterocycles. The molecule has 82 valence electrons. The van der Waals surface area contributed by atoms with Crippen LogP contribution in [-0.2, 0) is 6.54 Å². The number of nitrogens with zero attached hydrogens (tertiary/aromatic N) is 2. The van der Waals surface area contributed by atoms with E-state index in [4.69, 9.17) is 11.6 Å². The van der Waals surface area contributed by atoms with Crippen LogP contribution >= 0.6 is 11.6 Å². The fourth-order valence-electron chi connectivity index (χ4n) is 1.48. The Balaban J connectivity index is 2.31. The van der Waals surface area contributed by atoms with Gasteiger partial charge in [0.1, 0.15) is 5.15 Å². The summed E-state index contributed by atoms with van der Waals surface area (Å²) >= 11 is 5.78. The van der Waals surface area contributed by atoms with E-state index in [-0.39, 0.29) is 5.56 Å². The van der Waals surface area contributed by atoms with E-state index in [1.165, 1.54) is 0 Å². The zero-order valence-corrected chi connectivity index (χ0v) is 9.61. The number of hydrogen-bond donors (Lipinski definition) is 0.